The third kappa shape index (κ3) is 6.89. The van der Waals surface area contributed by atoms with Crippen molar-refractivity contribution < 1.29 is 4.74 Å². The van der Waals surface area contributed by atoms with Crippen molar-refractivity contribution in [3.63, 3.8) is 0 Å². The molecule has 4 heteroatoms. The van der Waals surface area contributed by atoms with Gasteiger partial charge in [-0.15, -0.1) is 11.8 Å². The van der Waals surface area contributed by atoms with Crippen LogP contribution in [-0.4, -0.2) is 51.5 Å². The molecular weight excluding hydrogens is 244 g/mol. The number of hydrogen-bond donors (Lipinski definition) is 1. The van der Waals surface area contributed by atoms with E-state index in [0.717, 1.165) is 31.1 Å². The van der Waals surface area contributed by atoms with Gasteiger partial charge >= 0.3 is 0 Å². The second kappa shape index (κ2) is 9.25. The van der Waals surface area contributed by atoms with Gasteiger partial charge in [-0.25, -0.2) is 0 Å². The summed E-state index contributed by atoms with van der Waals surface area (Å²) in [6.07, 6.45) is 1.21. The van der Waals surface area contributed by atoms with Crippen LogP contribution in [0.15, 0.2) is 29.2 Å². The molecule has 0 atom stereocenters. The first-order chi connectivity index (χ1) is 8.72. The van der Waals surface area contributed by atoms with E-state index in [9.17, 15) is 0 Å². The van der Waals surface area contributed by atoms with Crippen LogP contribution in [0, 0.1) is 0 Å². The SMILES string of the molecule is COc1cccc(SCCNCCCN(C)C)c1. The molecule has 0 amide bonds. The molecule has 1 rings (SSSR count). The monoisotopic (exact) mass is 268 g/mol. The van der Waals surface area contributed by atoms with Crippen LogP contribution < -0.4 is 10.1 Å². The Kier molecular flexibility index (Phi) is 7.89. The minimum Gasteiger partial charge on any atom is -0.497 e. The van der Waals surface area contributed by atoms with Crippen LogP contribution in [0.25, 0.3) is 0 Å². The summed E-state index contributed by atoms with van der Waals surface area (Å²) < 4.78 is 5.20. The number of thioether (sulfide) groups is 1. The van der Waals surface area contributed by atoms with E-state index in [0.29, 0.717) is 0 Å². The number of ether oxygens (including phenoxy) is 1. The van der Waals surface area contributed by atoms with E-state index in [1.54, 1.807) is 7.11 Å². The van der Waals surface area contributed by atoms with Gasteiger partial charge in [0.1, 0.15) is 5.75 Å². The summed E-state index contributed by atoms with van der Waals surface area (Å²) in [6, 6.07) is 8.21. The largest absolute Gasteiger partial charge is 0.497 e. The highest BCUT2D eigenvalue weighted by Gasteiger charge is 1.96. The van der Waals surface area contributed by atoms with E-state index in [2.05, 4.69) is 36.4 Å². The number of methoxy groups -OCH3 is 1. The minimum atomic E-state index is 0.930. The Morgan fingerprint density at radius 1 is 1.28 bits per heavy atom. The van der Waals surface area contributed by atoms with Crippen molar-refractivity contribution in [1.82, 2.24) is 10.2 Å². The highest BCUT2D eigenvalue weighted by atomic mass is 32.2. The molecule has 0 saturated carbocycles. The second-order valence-corrected chi connectivity index (χ2v) is 5.60. The Morgan fingerprint density at radius 2 is 2.11 bits per heavy atom. The van der Waals surface area contributed by atoms with Gasteiger partial charge in [0.2, 0.25) is 0 Å². The number of benzene rings is 1. The zero-order valence-corrected chi connectivity index (χ0v) is 12.4. The van der Waals surface area contributed by atoms with Gasteiger partial charge in [-0.05, 0) is 51.8 Å². The molecule has 1 aromatic carbocycles. The molecule has 0 aliphatic heterocycles. The van der Waals surface area contributed by atoms with E-state index < -0.39 is 0 Å². The summed E-state index contributed by atoms with van der Waals surface area (Å²) in [7, 11) is 5.92. The summed E-state index contributed by atoms with van der Waals surface area (Å²) >= 11 is 1.86. The van der Waals surface area contributed by atoms with Gasteiger partial charge in [0, 0.05) is 17.2 Å². The molecule has 0 aliphatic rings. The molecule has 0 spiro atoms. The Balaban J connectivity index is 2.06. The van der Waals surface area contributed by atoms with Crippen molar-refractivity contribution >= 4 is 11.8 Å². The maximum atomic E-state index is 5.20. The molecule has 3 nitrogen and oxygen atoms in total. The molecule has 18 heavy (non-hydrogen) atoms. The summed E-state index contributed by atoms with van der Waals surface area (Å²) in [5.41, 5.74) is 0. The summed E-state index contributed by atoms with van der Waals surface area (Å²) in [5, 5.41) is 3.46. The molecule has 0 fully saturated rings. The fourth-order valence-corrected chi connectivity index (χ4v) is 2.43. The van der Waals surface area contributed by atoms with E-state index in [1.807, 2.05) is 23.9 Å². The Labute approximate surface area is 115 Å². The van der Waals surface area contributed by atoms with Gasteiger partial charge in [0.25, 0.3) is 0 Å². The Morgan fingerprint density at radius 3 is 2.83 bits per heavy atom. The molecule has 0 heterocycles. The predicted octanol–water partition coefficient (Wildman–Crippen LogP) is 2.33. The fraction of sp³-hybridized carbons (Fsp3) is 0.571. The summed E-state index contributed by atoms with van der Waals surface area (Å²) in [4.78, 5) is 3.48. The lowest BCUT2D eigenvalue weighted by molar-refractivity contribution is 0.396. The Hall–Kier alpha value is -0.710. The van der Waals surface area contributed by atoms with E-state index in [1.165, 1.54) is 11.3 Å². The van der Waals surface area contributed by atoms with Gasteiger partial charge in [-0.3, -0.25) is 0 Å². The van der Waals surface area contributed by atoms with Crippen LogP contribution in [-0.2, 0) is 0 Å². The molecule has 0 unspecified atom stereocenters. The number of hydrogen-bond acceptors (Lipinski definition) is 4. The zero-order chi connectivity index (χ0) is 13.2. The summed E-state index contributed by atoms with van der Waals surface area (Å²) in [5.74, 6) is 2.02. The van der Waals surface area contributed by atoms with E-state index >= 15 is 0 Å². The lowest BCUT2D eigenvalue weighted by Crippen LogP contribution is -2.23. The molecule has 0 aliphatic carbocycles. The van der Waals surface area contributed by atoms with Crippen LogP contribution in [0.5, 0.6) is 5.75 Å². The van der Waals surface area contributed by atoms with E-state index in [-0.39, 0.29) is 0 Å². The van der Waals surface area contributed by atoms with Crippen molar-refractivity contribution in [1.29, 1.82) is 0 Å². The molecule has 1 N–H and O–H groups in total. The fourth-order valence-electron chi connectivity index (χ4n) is 1.58. The van der Waals surface area contributed by atoms with Crippen molar-refractivity contribution in [3.8, 4) is 5.75 Å². The van der Waals surface area contributed by atoms with Crippen LogP contribution >= 0.6 is 11.8 Å². The Bertz CT molecular complexity index is 331. The molecule has 0 aromatic heterocycles. The molecule has 102 valence electrons. The third-order valence-corrected chi connectivity index (χ3v) is 3.54. The minimum absolute atomic E-state index is 0.930. The quantitative estimate of drug-likeness (QED) is 0.549. The van der Waals surface area contributed by atoms with Gasteiger partial charge in [-0.1, -0.05) is 6.07 Å². The topological polar surface area (TPSA) is 24.5 Å². The second-order valence-electron chi connectivity index (χ2n) is 4.43. The maximum absolute atomic E-state index is 5.20. The number of rotatable bonds is 9. The molecule has 0 radical (unpaired) electrons. The van der Waals surface area contributed by atoms with Gasteiger partial charge in [0.05, 0.1) is 7.11 Å². The maximum Gasteiger partial charge on any atom is 0.119 e. The van der Waals surface area contributed by atoms with Crippen molar-refractivity contribution in [2.45, 2.75) is 11.3 Å². The van der Waals surface area contributed by atoms with Gasteiger partial charge in [-0.2, -0.15) is 0 Å². The normalized spacial score (nSPS) is 10.9. The average molecular weight is 268 g/mol. The first kappa shape index (κ1) is 15.3. The highest BCUT2D eigenvalue weighted by molar-refractivity contribution is 7.99. The molecule has 0 bridgehead atoms. The predicted molar refractivity (Wildman–Crippen MR) is 79.8 cm³/mol. The lowest BCUT2D eigenvalue weighted by atomic mass is 10.3. The van der Waals surface area contributed by atoms with Crippen molar-refractivity contribution in [3.05, 3.63) is 24.3 Å². The first-order valence-electron chi connectivity index (χ1n) is 6.34. The van der Waals surface area contributed by atoms with E-state index in [4.69, 9.17) is 4.74 Å². The van der Waals surface area contributed by atoms with Gasteiger partial charge < -0.3 is 15.0 Å². The lowest BCUT2D eigenvalue weighted by Gasteiger charge is -2.09. The standard InChI is InChI=1S/C14H24N2OS/c1-16(2)10-5-8-15-9-11-18-14-7-4-6-13(12-14)17-3/h4,6-7,12,15H,5,8-11H2,1-3H3. The van der Waals surface area contributed by atoms with Crippen LogP contribution in [0.4, 0.5) is 0 Å². The van der Waals surface area contributed by atoms with Gasteiger partial charge in [0.15, 0.2) is 0 Å². The molecule has 1 aromatic rings. The van der Waals surface area contributed by atoms with Crippen molar-refractivity contribution in [2.24, 2.45) is 0 Å². The van der Waals surface area contributed by atoms with Crippen LogP contribution in [0.3, 0.4) is 0 Å². The third-order valence-electron chi connectivity index (χ3n) is 2.55. The zero-order valence-electron chi connectivity index (χ0n) is 11.6. The first-order valence-corrected chi connectivity index (χ1v) is 7.33. The molecule has 0 saturated heterocycles. The average Bonchev–Trinajstić information content (AvgIpc) is 2.37. The van der Waals surface area contributed by atoms with Crippen LogP contribution in [0.2, 0.25) is 0 Å². The van der Waals surface area contributed by atoms with Crippen molar-refractivity contribution in [2.75, 3.05) is 46.6 Å². The number of nitrogens with one attached hydrogen (secondary N) is 1. The summed E-state index contributed by atoms with van der Waals surface area (Å²) in [6.45, 7) is 3.29. The number of nitrogens with zero attached hydrogens (tertiary/aromatic N) is 1. The smallest absolute Gasteiger partial charge is 0.119 e. The van der Waals surface area contributed by atoms with Crippen LogP contribution in [0.1, 0.15) is 6.42 Å². The highest BCUT2D eigenvalue weighted by Crippen LogP contribution is 2.22. The molecular formula is C14H24N2OS.